The van der Waals surface area contributed by atoms with Crippen molar-refractivity contribution in [1.82, 2.24) is 0 Å². The number of thiophene rings is 1. The van der Waals surface area contributed by atoms with Crippen molar-refractivity contribution >= 4 is 39.7 Å². The average Bonchev–Trinajstić information content (AvgIpc) is 3.55. The first-order valence-corrected chi connectivity index (χ1v) is 12.3. The number of nitrogens with zero attached hydrogens (tertiary/aromatic N) is 2. The third-order valence-electron chi connectivity index (χ3n) is 7.71. The number of rotatable bonds is 3. The summed E-state index contributed by atoms with van der Waals surface area (Å²) in [5.74, 6) is -0.129. The number of carbonyl (C=O) groups excluding carboxylic acids is 3. The summed E-state index contributed by atoms with van der Waals surface area (Å²) >= 11 is 1.50. The minimum absolute atomic E-state index is 0.129. The van der Waals surface area contributed by atoms with Crippen molar-refractivity contribution in [3.8, 4) is 6.07 Å². The number of nitriles is 1. The van der Waals surface area contributed by atoms with Crippen LogP contribution >= 0.6 is 11.3 Å². The fourth-order valence-corrected chi connectivity index (χ4v) is 7.41. The van der Waals surface area contributed by atoms with Crippen LogP contribution in [0, 0.1) is 40.9 Å². The number of nitrogens with one attached hydrogen (secondary N) is 1. The molecule has 2 fully saturated rings. The smallest absolute Gasteiger partial charge is 0.256 e. The van der Waals surface area contributed by atoms with Gasteiger partial charge in [-0.25, -0.2) is 0 Å². The predicted molar refractivity (Wildman–Crippen MR) is 125 cm³/mol. The van der Waals surface area contributed by atoms with Gasteiger partial charge >= 0.3 is 0 Å². The monoisotopic (exact) mass is 457 g/mol. The molecule has 1 aromatic heterocycles. The second kappa shape index (κ2) is 7.39. The lowest BCUT2D eigenvalue weighted by Crippen LogP contribution is -2.32. The van der Waals surface area contributed by atoms with Crippen molar-refractivity contribution in [3.05, 3.63) is 58.0 Å². The zero-order chi connectivity index (χ0) is 22.9. The third kappa shape index (κ3) is 3.01. The Bertz CT molecular complexity index is 1240. The highest BCUT2D eigenvalue weighted by atomic mass is 32.1. The first-order chi connectivity index (χ1) is 16.0. The fraction of sp³-hybridized carbons (Fsp3) is 0.385. The molecule has 166 valence electrons. The normalized spacial score (nSPS) is 29.2. The summed E-state index contributed by atoms with van der Waals surface area (Å²) in [5.41, 5.74) is 2.58. The summed E-state index contributed by atoms with van der Waals surface area (Å²) in [4.78, 5) is 41.4. The maximum atomic E-state index is 13.0. The number of hydrogen-bond donors (Lipinski definition) is 1. The number of fused-ring (bicyclic) bond motifs is 6. The molecule has 7 heteroatoms. The number of imide groups is 1. The van der Waals surface area contributed by atoms with Crippen molar-refractivity contribution in [3.63, 3.8) is 0 Å². The van der Waals surface area contributed by atoms with E-state index in [4.69, 9.17) is 0 Å². The minimum Gasteiger partial charge on any atom is -0.312 e. The quantitative estimate of drug-likeness (QED) is 0.549. The van der Waals surface area contributed by atoms with Crippen molar-refractivity contribution in [2.75, 3.05) is 10.2 Å². The maximum Gasteiger partial charge on any atom is 0.256 e. The van der Waals surface area contributed by atoms with E-state index >= 15 is 0 Å². The van der Waals surface area contributed by atoms with E-state index in [9.17, 15) is 19.6 Å². The molecule has 33 heavy (non-hydrogen) atoms. The molecule has 2 aromatic rings. The summed E-state index contributed by atoms with van der Waals surface area (Å²) < 4.78 is 0. The predicted octanol–water partition coefficient (Wildman–Crippen LogP) is 4.31. The van der Waals surface area contributed by atoms with Gasteiger partial charge in [0.25, 0.3) is 5.91 Å². The van der Waals surface area contributed by atoms with Crippen LogP contribution in [0.25, 0.3) is 0 Å². The first-order valence-electron chi connectivity index (χ1n) is 11.5. The largest absolute Gasteiger partial charge is 0.312 e. The van der Waals surface area contributed by atoms with E-state index in [-0.39, 0.29) is 41.4 Å². The van der Waals surface area contributed by atoms with Gasteiger partial charge < -0.3 is 5.32 Å². The Labute approximate surface area is 195 Å². The van der Waals surface area contributed by atoms with Gasteiger partial charge in [-0.1, -0.05) is 19.1 Å². The Morgan fingerprint density at radius 1 is 1.12 bits per heavy atom. The highest BCUT2D eigenvalue weighted by Crippen LogP contribution is 2.53. The lowest BCUT2D eigenvalue weighted by atomic mass is 9.85. The van der Waals surface area contributed by atoms with E-state index in [1.165, 1.54) is 21.1 Å². The Balaban J connectivity index is 1.21. The molecule has 4 aliphatic rings. The van der Waals surface area contributed by atoms with Gasteiger partial charge in [-0.05, 0) is 73.3 Å². The molecule has 0 unspecified atom stereocenters. The van der Waals surface area contributed by atoms with Gasteiger partial charge in [-0.15, -0.1) is 11.3 Å². The van der Waals surface area contributed by atoms with Crippen LogP contribution in [-0.2, 0) is 22.4 Å². The summed E-state index contributed by atoms with van der Waals surface area (Å²) in [6.45, 7) is 2.21. The van der Waals surface area contributed by atoms with Crippen molar-refractivity contribution in [1.29, 1.82) is 5.26 Å². The SMILES string of the molecule is C[C@H]1CCc2c(sc(NC(=O)c3ccc(N4C(=O)[C@@H]5[C@@H](C4=O)[C@H]4C=C[C@H]5C4)cc3)c2C#N)C1. The second-order valence-corrected chi connectivity index (χ2v) is 10.8. The highest BCUT2D eigenvalue weighted by Gasteiger charge is 2.59. The molecule has 1 aliphatic heterocycles. The molecule has 2 heterocycles. The summed E-state index contributed by atoms with van der Waals surface area (Å²) in [6, 6.07) is 8.86. The van der Waals surface area contributed by atoms with E-state index in [2.05, 4.69) is 30.5 Å². The molecule has 0 radical (unpaired) electrons. The van der Waals surface area contributed by atoms with Crippen LogP contribution in [0.2, 0.25) is 0 Å². The summed E-state index contributed by atoms with van der Waals surface area (Å²) in [5, 5.41) is 13.2. The van der Waals surface area contributed by atoms with Crippen LogP contribution in [0.5, 0.6) is 0 Å². The van der Waals surface area contributed by atoms with Crippen LogP contribution in [0.1, 0.15) is 46.1 Å². The zero-order valence-electron chi connectivity index (χ0n) is 18.2. The molecule has 6 nitrogen and oxygen atoms in total. The molecule has 1 N–H and O–H groups in total. The molecule has 3 aliphatic carbocycles. The zero-order valence-corrected chi connectivity index (χ0v) is 19.0. The van der Waals surface area contributed by atoms with Gasteiger partial charge in [-0.2, -0.15) is 5.26 Å². The van der Waals surface area contributed by atoms with E-state index < -0.39 is 0 Å². The molecule has 1 saturated heterocycles. The summed E-state index contributed by atoms with van der Waals surface area (Å²) in [6.07, 6.45) is 7.92. The first kappa shape index (κ1) is 20.4. The van der Waals surface area contributed by atoms with Gasteiger partial charge in [0.2, 0.25) is 11.8 Å². The number of allylic oxidation sites excluding steroid dienone is 2. The number of anilines is 2. The molecular formula is C26H23N3O3S. The van der Waals surface area contributed by atoms with Gasteiger partial charge in [0.15, 0.2) is 0 Å². The van der Waals surface area contributed by atoms with Crippen molar-refractivity contribution in [2.24, 2.45) is 29.6 Å². The highest BCUT2D eigenvalue weighted by molar-refractivity contribution is 7.16. The summed E-state index contributed by atoms with van der Waals surface area (Å²) in [7, 11) is 0. The van der Waals surface area contributed by atoms with Crippen molar-refractivity contribution < 1.29 is 14.4 Å². The minimum atomic E-state index is -0.303. The molecule has 3 amide bonds. The second-order valence-electron chi connectivity index (χ2n) is 9.68. The third-order valence-corrected chi connectivity index (χ3v) is 8.88. The number of amides is 3. The van der Waals surface area contributed by atoms with E-state index in [1.54, 1.807) is 24.3 Å². The lowest BCUT2D eigenvalue weighted by Gasteiger charge is -2.17. The van der Waals surface area contributed by atoms with Crippen LogP contribution in [0.4, 0.5) is 10.7 Å². The van der Waals surface area contributed by atoms with Gasteiger partial charge in [0.05, 0.1) is 23.1 Å². The molecule has 6 rings (SSSR count). The Kier molecular flexibility index (Phi) is 4.56. The Hall–Kier alpha value is -3.24. The van der Waals surface area contributed by atoms with Crippen LogP contribution in [0.15, 0.2) is 36.4 Å². The molecular weight excluding hydrogens is 434 g/mol. The van der Waals surface area contributed by atoms with Crippen molar-refractivity contribution in [2.45, 2.75) is 32.6 Å². The van der Waals surface area contributed by atoms with Gasteiger partial charge in [-0.3, -0.25) is 19.3 Å². The topological polar surface area (TPSA) is 90.3 Å². The molecule has 1 saturated carbocycles. The van der Waals surface area contributed by atoms with E-state index in [0.717, 1.165) is 31.2 Å². The molecule has 2 bridgehead atoms. The van der Waals surface area contributed by atoms with E-state index in [1.807, 2.05) is 0 Å². The maximum absolute atomic E-state index is 13.0. The lowest BCUT2D eigenvalue weighted by molar-refractivity contribution is -0.123. The molecule has 0 spiro atoms. The Morgan fingerprint density at radius 3 is 2.42 bits per heavy atom. The molecule has 5 atom stereocenters. The van der Waals surface area contributed by atoms with Gasteiger partial charge in [0.1, 0.15) is 11.1 Å². The number of benzene rings is 1. The fourth-order valence-electron chi connectivity index (χ4n) is 6.05. The van der Waals surface area contributed by atoms with Crippen LogP contribution in [0.3, 0.4) is 0 Å². The number of hydrogen-bond acceptors (Lipinski definition) is 5. The number of carbonyl (C=O) groups is 3. The standard InChI is InChI=1S/C26H23N3O3S/c1-13-2-9-18-19(12-27)24(33-20(18)10-13)28-23(30)14-5-7-17(8-6-14)29-25(31)21-15-3-4-16(11-15)22(21)26(29)32/h3-8,13,15-16,21-22H,2,9-11H2,1H3,(H,28,30)/t13-,15-,16-,21-,22-/m0/s1. The Morgan fingerprint density at radius 2 is 1.79 bits per heavy atom. The average molecular weight is 458 g/mol. The van der Waals surface area contributed by atoms with Crippen LogP contribution in [-0.4, -0.2) is 17.7 Å². The van der Waals surface area contributed by atoms with E-state index in [0.29, 0.717) is 27.7 Å². The van der Waals surface area contributed by atoms with Gasteiger partial charge in [0, 0.05) is 10.4 Å². The molecule has 1 aromatic carbocycles. The van der Waals surface area contributed by atoms with Crippen LogP contribution < -0.4 is 10.2 Å².